The van der Waals surface area contributed by atoms with Crippen LogP contribution in [0.5, 0.6) is 0 Å². The average Bonchev–Trinajstić information content (AvgIpc) is 2.41. The maximum Gasteiger partial charge on any atom is 0.234 e. The fourth-order valence-corrected chi connectivity index (χ4v) is 2.48. The lowest BCUT2D eigenvalue weighted by molar-refractivity contribution is -0.124. The second kappa shape index (κ2) is 7.75. The van der Waals surface area contributed by atoms with E-state index in [4.69, 9.17) is 4.74 Å². The van der Waals surface area contributed by atoms with Gasteiger partial charge in [-0.2, -0.15) is 0 Å². The Balaban J connectivity index is 2.66. The summed E-state index contributed by atoms with van der Waals surface area (Å²) in [4.78, 5) is 14.3. The molecule has 124 valence electrons. The number of aryl methyl sites for hydroxylation is 2. The standard InChI is InChI=1S/C18H30N2O2/c1-13-8-9-14(2)16(10-13)15(3)19-17(21)11-20(6)18(4,5)12-22-7/h8-10,15H,11-12H2,1-7H3,(H,19,21). The zero-order chi connectivity index (χ0) is 16.9. The number of carbonyl (C=O) groups is 1. The molecule has 0 saturated heterocycles. The van der Waals surface area contributed by atoms with E-state index in [0.717, 1.165) is 0 Å². The van der Waals surface area contributed by atoms with Crippen LogP contribution in [0.25, 0.3) is 0 Å². The van der Waals surface area contributed by atoms with Crippen molar-refractivity contribution in [2.24, 2.45) is 0 Å². The van der Waals surface area contributed by atoms with E-state index in [0.29, 0.717) is 13.2 Å². The first-order valence-electron chi connectivity index (χ1n) is 7.74. The largest absolute Gasteiger partial charge is 0.383 e. The second-order valence-corrected chi connectivity index (χ2v) is 6.75. The fraction of sp³-hybridized carbons (Fsp3) is 0.611. The third kappa shape index (κ3) is 5.11. The molecule has 1 aromatic carbocycles. The molecule has 1 amide bonds. The third-order valence-electron chi connectivity index (χ3n) is 4.19. The van der Waals surface area contributed by atoms with Gasteiger partial charge in [0.1, 0.15) is 0 Å². The van der Waals surface area contributed by atoms with E-state index < -0.39 is 0 Å². The number of nitrogens with one attached hydrogen (secondary N) is 1. The Morgan fingerprint density at radius 3 is 2.59 bits per heavy atom. The predicted octanol–water partition coefficient (Wildman–Crippen LogP) is 2.84. The molecule has 0 saturated carbocycles. The molecule has 0 bridgehead atoms. The van der Waals surface area contributed by atoms with Crippen molar-refractivity contribution in [2.75, 3.05) is 27.3 Å². The highest BCUT2D eigenvalue weighted by atomic mass is 16.5. The third-order valence-corrected chi connectivity index (χ3v) is 4.19. The molecule has 1 rings (SSSR count). The van der Waals surface area contributed by atoms with E-state index >= 15 is 0 Å². The highest BCUT2D eigenvalue weighted by Crippen LogP contribution is 2.19. The number of hydrogen-bond acceptors (Lipinski definition) is 3. The summed E-state index contributed by atoms with van der Waals surface area (Å²) in [6.07, 6.45) is 0. The molecule has 1 aromatic rings. The van der Waals surface area contributed by atoms with Gasteiger partial charge in [-0.1, -0.05) is 23.8 Å². The van der Waals surface area contributed by atoms with Gasteiger partial charge in [0.05, 0.1) is 19.2 Å². The van der Waals surface area contributed by atoms with E-state index in [-0.39, 0.29) is 17.5 Å². The van der Waals surface area contributed by atoms with Crippen LogP contribution in [0.1, 0.15) is 43.5 Å². The minimum atomic E-state index is -0.172. The smallest absolute Gasteiger partial charge is 0.234 e. The fourth-order valence-electron chi connectivity index (χ4n) is 2.48. The molecule has 4 nitrogen and oxygen atoms in total. The van der Waals surface area contributed by atoms with E-state index in [9.17, 15) is 4.79 Å². The first-order chi connectivity index (χ1) is 10.2. The van der Waals surface area contributed by atoms with Crippen molar-refractivity contribution in [3.63, 3.8) is 0 Å². The molecule has 22 heavy (non-hydrogen) atoms. The lowest BCUT2D eigenvalue weighted by Crippen LogP contribution is -2.49. The van der Waals surface area contributed by atoms with Crippen molar-refractivity contribution in [3.05, 3.63) is 34.9 Å². The number of rotatable bonds is 7. The predicted molar refractivity (Wildman–Crippen MR) is 91.1 cm³/mol. The van der Waals surface area contributed by atoms with Gasteiger partial charge >= 0.3 is 0 Å². The van der Waals surface area contributed by atoms with Crippen molar-refractivity contribution in [2.45, 2.75) is 46.2 Å². The van der Waals surface area contributed by atoms with Gasteiger partial charge in [0.15, 0.2) is 0 Å². The summed E-state index contributed by atoms with van der Waals surface area (Å²) in [7, 11) is 3.62. The van der Waals surface area contributed by atoms with Crippen molar-refractivity contribution in [1.29, 1.82) is 0 Å². The first-order valence-corrected chi connectivity index (χ1v) is 7.74. The van der Waals surface area contributed by atoms with Crippen LogP contribution >= 0.6 is 0 Å². The number of nitrogens with zero attached hydrogens (tertiary/aromatic N) is 1. The summed E-state index contributed by atoms with van der Waals surface area (Å²) < 4.78 is 5.22. The quantitative estimate of drug-likeness (QED) is 0.842. The molecule has 0 fully saturated rings. The van der Waals surface area contributed by atoms with Crippen LogP contribution in [0, 0.1) is 13.8 Å². The molecule has 0 spiro atoms. The summed E-state index contributed by atoms with van der Waals surface area (Å²) in [6, 6.07) is 6.33. The SMILES string of the molecule is COCC(C)(C)N(C)CC(=O)NC(C)c1cc(C)ccc1C. The van der Waals surface area contributed by atoms with Crippen molar-refractivity contribution in [3.8, 4) is 0 Å². The van der Waals surface area contributed by atoms with Crippen LogP contribution < -0.4 is 5.32 Å². The number of likely N-dealkylation sites (N-methyl/N-ethyl adjacent to an activating group) is 1. The van der Waals surface area contributed by atoms with Crippen molar-refractivity contribution < 1.29 is 9.53 Å². The van der Waals surface area contributed by atoms with Crippen LogP contribution in [-0.4, -0.2) is 43.7 Å². The van der Waals surface area contributed by atoms with E-state index in [1.807, 2.05) is 18.9 Å². The maximum absolute atomic E-state index is 12.3. The van der Waals surface area contributed by atoms with Gasteiger partial charge in [-0.05, 0) is 52.8 Å². The van der Waals surface area contributed by atoms with Gasteiger partial charge in [-0.25, -0.2) is 0 Å². The summed E-state index contributed by atoms with van der Waals surface area (Å²) in [5.41, 5.74) is 3.41. The Morgan fingerprint density at radius 2 is 2.00 bits per heavy atom. The summed E-state index contributed by atoms with van der Waals surface area (Å²) >= 11 is 0. The van der Waals surface area contributed by atoms with Gasteiger partial charge in [-0.15, -0.1) is 0 Å². The molecule has 1 N–H and O–H groups in total. The molecule has 0 aromatic heterocycles. The van der Waals surface area contributed by atoms with Crippen LogP contribution in [0.2, 0.25) is 0 Å². The van der Waals surface area contributed by atoms with Crippen LogP contribution in [0.15, 0.2) is 18.2 Å². The van der Waals surface area contributed by atoms with Crippen molar-refractivity contribution >= 4 is 5.91 Å². The molecule has 0 aliphatic carbocycles. The summed E-state index contributed by atoms with van der Waals surface area (Å²) in [5, 5.41) is 3.09. The van der Waals surface area contributed by atoms with Crippen LogP contribution in [0.4, 0.5) is 0 Å². The van der Waals surface area contributed by atoms with Gasteiger partial charge in [-0.3, -0.25) is 9.69 Å². The molecule has 1 unspecified atom stereocenters. The zero-order valence-electron chi connectivity index (χ0n) is 15.0. The molecule has 0 aliphatic heterocycles. The Labute approximate surface area is 134 Å². The van der Waals surface area contributed by atoms with E-state index in [1.165, 1.54) is 16.7 Å². The summed E-state index contributed by atoms with van der Waals surface area (Å²) in [5.74, 6) is 0.0279. The maximum atomic E-state index is 12.3. The number of hydrogen-bond donors (Lipinski definition) is 1. The minimum absolute atomic E-state index is 0.00587. The molecule has 1 atom stereocenters. The monoisotopic (exact) mass is 306 g/mol. The molecular weight excluding hydrogens is 276 g/mol. The molecular formula is C18H30N2O2. The Hall–Kier alpha value is -1.39. The van der Waals surface area contributed by atoms with Crippen LogP contribution in [0.3, 0.4) is 0 Å². The lowest BCUT2D eigenvalue weighted by atomic mass is 10.00. The van der Waals surface area contributed by atoms with Gasteiger partial charge in [0.2, 0.25) is 5.91 Å². The van der Waals surface area contributed by atoms with Crippen molar-refractivity contribution in [1.82, 2.24) is 10.2 Å². The number of methoxy groups -OCH3 is 1. The van der Waals surface area contributed by atoms with Gasteiger partial charge in [0, 0.05) is 12.6 Å². The normalized spacial score (nSPS) is 13.3. The zero-order valence-corrected chi connectivity index (χ0v) is 15.0. The highest BCUT2D eigenvalue weighted by molar-refractivity contribution is 5.78. The molecule has 4 heteroatoms. The number of ether oxygens (including phenoxy) is 1. The molecule has 0 heterocycles. The topological polar surface area (TPSA) is 41.6 Å². The van der Waals surface area contributed by atoms with Gasteiger partial charge in [0.25, 0.3) is 0 Å². The van der Waals surface area contributed by atoms with Gasteiger partial charge < -0.3 is 10.1 Å². The number of carbonyl (C=O) groups excluding carboxylic acids is 1. The highest BCUT2D eigenvalue weighted by Gasteiger charge is 2.25. The van der Waals surface area contributed by atoms with E-state index in [2.05, 4.69) is 51.2 Å². The number of benzene rings is 1. The molecule has 0 radical (unpaired) electrons. The molecule has 0 aliphatic rings. The first kappa shape index (κ1) is 18.7. The average molecular weight is 306 g/mol. The summed E-state index contributed by atoms with van der Waals surface area (Å²) in [6.45, 7) is 11.2. The lowest BCUT2D eigenvalue weighted by Gasteiger charge is -2.34. The Bertz CT molecular complexity index is 512. The second-order valence-electron chi connectivity index (χ2n) is 6.75. The minimum Gasteiger partial charge on any atom is -0.383 e. The van der Waals surface area contributed by atoms with Crippen LogP contribution in [-0.2, 0) is 9.53 Å². The Morgan fingerprint density at radius 1 is 1.36 bits per heavy atom. The number of amides is 1. The Kier molecular flexibility index (Phi) is 6.57. The van der Waals surface area contributed by atoms with E-state index in [1.54, 1.807) is 7.11 Å².